The van der Waals surface area contributed by atoms with Crippen molar-refractivity contribution < 1.29 is 19.1 Å². The van der Waals surface area contributed by atoms with Gasteiger partial charge in [-0.1, -0.05) is 39.8 Å². The molecule has 2 aromatic carbocycles. The molecule has 2 atom stereocenters. The van der Waals surface area contributed by atoms with Gasteiger partial charge >= 0.3 is 12.2 Å². The van der Waals surface area contributed by atoms with Gasteiger partial charge in [-0.2, -0.15) is 10.2 Å². The number of nitriles is 1. The van der Waals surface area contributed by atoms with Crippen LogP contribution in [-0.2, 0) is 15.0 Å². The van der Waals surface area contributed by atoms with Crippen molar-refractivity contribution in [3.8, 4) is 17.2 Å². The fourth-order valence-electron chi connectivity index (χ4n) is 5.35. The first kappa shape index (κ1) is 32.4. The molecule has 3 aromatic rings. The summed E-state index contributed by atoms with van der Waals surface area (Å²) in [6.07, 6.45) is 3.28. The minimum Gasteiger partial charge on any atom is -0.443 e. The first-order valence-electron chi connectivity index (χ1n) is 14.5. The molecule has 0 N–H and O–H groups in total. The van der Waals surface area contributed by atoms with Crippen LogP contribution in [0.4, 0.5) is 15.4 Å². The Morgan fingerprint density at radius 1 is 1.04 bits per heavy atom. The van der Waals surface area contributed by atoms with Crippen LogP contribution in [0.15, 0.2) is 70.5 Å². The molecule has 0 radical (unpaired) electrons. The zero-order chi connectivity index (χ0) is 32.6. The summed E-state index contributed by atoms with van der Waals surface area (Å²) >= 11 is 5.03. The third-order valence-corrected chi connectivity index (χ3v) is 8.76. The van der Waals surface area contributed by atoms with Crippen molar-refractivity contribution >= 4 is 50.9 Å². The Morgan fingerprint density at radius 3 is 2.38 bits per heavy atom. The second-order valence-electron chi connectivity index (χ2n) is 13.0. The maximum Gasteiger partial charge on any atom is 0.426 e. The standard InChI is InChI=1S/C33H35BrN6O4S/c1-31(2,3)43-29(41)40(30(42)44-32(4,5)6)28-38-33(20-39(18-25(33)19-45-28)27-17-36-10-11-37-27)24-13-23(14-26(34)15-24)22-9-7-8-21(12-22)16-35/h7-15,17,25H,18-20H2,1-6H3/t25-,33+/m0/s1. The lowest BCUT2D eigenvalue weighted by atomic mass is 9.81. The van der Waals surface area contributed by atoms with Crippen molar-refractivity contribution in [1.82, 2.24) is 14.9 Å². The van der Waals surface area contributed by atoms with Crippen molar-refractivity contribution in [2.24, 2.45) is 10.9 Å². The number of amidine groups is 1. The van der Waals surface area contributed by atoms with E-state index in [1.54, 1.807) is 66.2 Å². The molecule has 12 heteroatoms. The molecule has 0 unspecified atom stereocenters. The molecule has 5 rings (SSSR count). The van der Waals surface area contributed by atoms with Crippen LogP contribution in [0.2, 0.25) is 0 Å². The van der Waals surface area contributed by atoms with E-state index in [0.717, 1.165) is 26.1 Å². The number of amides is 2. The lowest BCUT2D eigenvalue weighted by molar-refractivity contribution is 0.0151. The molecule has 2 aliphatic heterocycles. The van der Waals surface area contributed by atoms with E-state index in [1.165, 1.54) is 11.8 Å². The average Bonchev–Trinajstić information content (AvgIpc) is 3.36. The predicted molar refractivity (Wildman–Crippen MR) is 178 cm³/mol. The Labute approximate surface area is 276 Å². The molecule has 0 saturated carbocycles. The number of ether oxygens (including phenoxy) is 2. The van der Waals surface area contributed by atoms with Crippen LogP contribution in [0.5, 0.6) is 0 Å². The van der Waals surface area contributed by atoms with Gasteiger partial charge in [-0.3, -0.25) is 4.98 Å². The molecule has 2 amide bonds. The molecule has 1 fully saturated rings. The number of nitrogens with zero attached hydrogens (tertiary/aromatic N) is 6. The van der Waals surface area contributed by atoms with Crippen molar-refractivity contribution in [1.29, 1.82) is 5.26 Å². The number of fused-ring (bicyclic) bond motifs is 1. The van der Waals surface area contributed by atoms with Gasteiger partial charge in [-0.15, -0.1) is 0 Å². The second-order valence-corrected chi connectivity index (χ2v) is 14.9. The number of imide groups is 1. The smallest absolute Gasteiger partial charge is 0.426 e. The highest BCUT2D eigenvalue weighted by Crippen LogP contribution is 2.48. The molecular weight excluding hydrogens is 656 g/mol. The van der Waals surface area contributed by atoms with E-state index in [2.05, 4.69) is 42.9 Å². The molecule has 0 aliphatic carbocycles. The molecule has 1 saturated heterocycles. The van der Waals surface area contributed by atoms with Crippen LogP contribution >= 0.6 is 27.7 Å². The predicted octanol–water partition coefficient (Wildman–Crippen LogP) is 7.38. The largest absolute Gasteiger partial charge is 0.443 e. The topological polar surface area (TPSA) is 121 Å². The number of hydrogen-bond donors (Lipinski definition) is 0. The highest BCUT2D eigenvalue weighted by molar-refractivity contribution is 9.10. The van der Waals surface area contributed by atoms with Crippen LogP contribution in [0, 0.1) is 17.2 Å². The Bertz CT molecular complexity index is 1650. The molecule has 10 nitrogen and oxygen atoms in total. The summed E-state index contributed by atoms with van der Waals surface area (Å²) in [5, 5.41) is 9.72. The van der Waals surface area contributed by atoms with E-state index in [0.29, 0.717) is 30.2 Å². The van der Waals surface area contributed by atoms with Gasteiger partial charge in [0.2, 0.25) is 0 Å². The Morgan fingerprint density at radius 2 is 1.76 bits per heavy atom. The van der Waals surface area contributed by atoms with Crippen LogP contribution in [0.3, 0.4) is 0 Å². The quantitative estimate of drug-likeness (QED) is 0.277. The zero-order valence-electron chi connectivity index (χ0n) is 26.1. The number of carbonyl (C=O) groups is 2. The number of halogens is 1. The number of carbonyl (C=O) groups excluding carboxylic acids is 2. The fraction of sp³-hybridized carbons (Fsp3) is 0.394. The summed E-state index contributed by atoms with van der Waals surface area (Å²) in [5.74, 6) is 1.25. The van der Waals surface area contributed by atoms with Crippen LogP contribution in [0.25, 0.3) is 11.1 Å². The summed E-state index contributed by atoms with van der Waals surface area (Å²) in [6.45, 7) is 11.5. The van der Waals surface area contributed by atoms with E-state index >= 15 is 0 Å². The molecule has 234 valence electrons. The summed E-state index contributed by atoms with van der Waals surface area (Å²) in [7, 11) is 0. The Hall–Kier alpha value is -3.95. The molecule has 3 heterocycles. The number of aliphatic imine (C=N–C) groups is 1. The lowest BCUT2D eigenvalue weighted by Crippen LogP contribution is -2.49. The van der Waals surface area contributed by atoms with E-state index in [1.807, 2.05) is 30.3 Å². The first-order chi connectivity index (χ1) is 21.2. The van der Waals surface area contributed by atoms with Crippen molar-refractivity contribution in [3.63, 3.8) is 0 Å². The van der Waals surface area contributed by atoms with Gasteiger partial charge in [-0.05, 0) is 88.6 Å². The van der Waals surface area contributed by atoms with Crippen LogP contribution in [0.1, 0.15) is 52.7 Å². The minimum absolute atomic E-state index is 0.0139. The number of rotatable bonds is 3. The number of benzene rings is 2. The normalized spacial score (nSPS) is 19.6. The first-order valence-corrected chi connectivity index (χ1v) is 16.3. The van der Waals surface area contributed by atoms with E-state index in [4.69, 9.17) is 14.5 Å². The van der Waals surface area contributed by atoms with Gasteiger partial charge in [0.1, 0.15) is 22.6 Å². The third-order valence-electron chi connectivity index (χ3n) is 7.20. The summed E-state index contributed by atoms with van der Waals surface area (Å²) < 4.78 is 12.2. The molecule has 0 spiro atoms. The fourth-order valence-corrected chi connectivity index (χ4v) is 7.08. The number of hydrogen-bond acceptors (Lipinski definition) is 10. The van der Waals surface area contributed by atoms with Gasteiger partial charge in [0.05, 0.1) is 17.8 Å². The Kier molecular flexibility index (Phi) is 8.97. The van der Waals surface area contributed by atoms with Crippen molar-refractivity contribution in [2.75, 3.05) is 23.7 Å². The third kappa shape index (κ3) is 7.31. The zero-order valence-corrected chi connectivity index (χ0v) is 28.5. The minimum atomic E-state index is -0.883. The van der Waals surface area contributed by atoms with Gasteiger partial charge in [0.15, 0.2) is 5.17 Å². The average molecular weight is 692 g/mol. The monoisotopic (exact) mass is 690 g/mol. The molecular formula is C33H35BrN6O4S. The van der Waals surface area contributed by atoms with Crippen LogP contribution < -0.4 is 4.90 Å². The molecule has 0 bridgehead atoms. The van der Waals surface area contributed by atoms with Gasteiger partial charge in [-0.25, -0.2) is 19.6 Å². The van der Waals surface area contributed by atoms with Crippen LogP contribution in [-0.4, -0.2) is 62.3 Å². The van der Waals surface area contributed by atoms with Gasteiger partial charge in [0, 0.05) is 41.6 Å². The van der Waals surface area contributed by atoms with E-state index in [-0.39, 0.29) is 11.1 Å². The summed E-state index contributed by atoms with van der Waals surface area (Å²) in [6, 6.07) is 15.7. The van der Waals surface area contributed by atoms with Gasteiger partial charge < -0.3 is 14.4 Å². The Balaban J connectivity index is 1.68. The highest BCUT2D eigenvalue weighted by atomic mass is 79.9. The lowest BCUT2D eigenvalue weighted by Gasteiger charge is -2.38. The maximum atomic E-state index is 13.6. The number of anilines is 1. The van der Waals surface area contributed by atoms with Crippen molar-refractivity contribution in [2.45, 2.75) is 58.3 Å². The van der Waals surface area contributed by atoms with Crippen molar-refractivity contribution in [3.05, 3.63) is 76.7 Å². The van der Waals surface area contributed by atoms with E-state index in [9.17, 15) is 14.9 Å². The summed E-state index contributed by atoms with van der Waals surface area (Å²) in [5.41, 5.74) is 0.623. The molecule has 45 heavy (non-hydrogen) atoms. The molecule has 2 aliphatic rings. The number of thioether (sulfide) groups is 1. The summed E-state index contributed by atoms with van der Waals surface area (Å²) in [4.78, 5) is 44.4. The van der Waals surface area contributed by atoms with E-state index < -0.39 is 28.9 Å². The second kappa shape index (κ2) is 12.4. The molecule has 1 aromatic heterocycles. The highest BCUT2D eigenvalue weighted by Gasteiger charge is 2.53. The SMILES string of the molecule is CC(C)(C)OC(=O)N(C(=O)OC(C)(C)C)C1=N[C@@]2(c3cc(Br)cc(-c4cccc(C#N)c4)c3)CN(c3cnccn3)C[C@H]2CS1. The number of aromatic nitrogens is 2. The maximum absolute atomic E-state index is 13.6. The van der Waals surface area contributed by atoms with Gasteiger partial charge in [0.25, 0.3) is 0 Å².